The van der Waals surface area contributed by atoms with Gasteiger partial charge < -0.3 is 4.57 Å². The van der Waals surface area contributed by atoms with Gasteiger partial charge in [-0.25, -0.2) is 4.98 Å². The Bertz CT molecular complexity index is 3540. The molecule has 0 amide bonds. The van der Waals surface area contributed by atoms with Gasteiger partial charge in [0.15, 0.2) is 0 Å². The Morgan fingerprint density at radius 1 is 0.382 bits per heavy atom. The second-order valence-electron chi connectivity index (χ2n) is 14.5. The first kappa shape index (κ1) is 30.1. The third-order valence-corrected chi connectivity index (χ3v) is 11.6. The minimum atomic E-state index is 0.926. The number of hydrogen-bond acceptors (Lipinski definition) is 2. The third kappa shape index (κ3) is 4.44. The van der Waals surface area contributed by atoms with Gasteiger partial charge in [0, 0.05) is 44.4 Å². The molecular formula is C52H31N3. The molecule has 0 spiro atoms. The van der Waals surface area contributed by atoms with Crippen LogP contribution in [0.15, 0.2) is 188 Å². The van der Waals surface area contributed by atoms with E-state index in [0.29, 0.717) is 0 Å². The monoisotopic (exact) mass is 697 g/mol. The average molecular weight is 698 g/mol. The van der Waals surface area contributed by atoms with Crippen molar-refractivity contribution >= 4 is 86.7 Å². The molecule has 0 radical (unpaired) electrons. The van der Waals surface area contributed by atoms with E-state index in [1.54, 1.807) is 0 Å². The molecule has 3 aromatic heterocycles. The number of nitrogens with zero attached hydrogens (tertiary/aromatic N) is 3. The van der Waals surface area contributed by atoms with Gasteiger partial charge in [-0.15, -0.1) is 0 Å². The van der Waals surface area contributed by atoms with E-state index in [1.165, 1.54) is 76.0 Å². The molecule has 9 aromatic carbocycles. The smallest absolute Gasteiger partial charge is 0.0972 e. The number of hydrogen-bond donors (Lipinski definition) is 0. The van der Waals surface area contributed by atoms with Crippen LogP contribution in [0.2, 0.25) is 0 Å². The highest BCUT2D eigenvalue weighted by Crippen LogP contribution is 2.47. The van der Waals surface area contributed by atoms with E-state index in [9.17, 15) is 0 Å². The molecule has 0 saturated carbocycles. The molecule has 0 N–H and O–H groups in total. The fourth-order valence-electron chi connectivity index (χ4n) is 9.06. The first-order valence-electron chi connectivity index (χ1n) is 18.8. The molecule has 0 aliphatic carbocycles. The predicted octanol–water partition coefficient (Wildman–Crippen LogP) is 13.8. The third-order valence-electron chi connectivity index (χ3n) is 11.6. The van der Waals surface area contributed by atoms with E-state index in [4.69, 9.17) is 4.98 Å². The average Bonchev–Trinajstić information content (AvgIpc) is 3.61. The fourth-order valence-corrected chi connectivity index (χ4v) is 9.06. The van der Waals surface area contributed by atoms with Gasteiger partial charge in [0.25, 0.3) is 0 Å². The molecule has 254 valence electrons. The Morgan fingerprint density at radius 3 is 1.82 bits per heavy atom. The van der Waals surface area contributed by atoms with Crippen molar-refractivity contribution in [3.63, 3.8) is 0 Å². The van der Waals surface area contributed by atoms with Crippen molar-refractivity contribution < 1.29 is 0 Å². The van der Waals surface area contributed by atoms with Gasteiger partial charge in [0.1, 0.15) is 0 Å². The summed E-state index contributed by atoms with van der Waals surface area (Å²) < 4.78 is 2.48. The van der Waals surface area contributed by atoms with Crippen LogP contribution in [-0.2, 0) is 0 Å². The van der Waals surface area contributed by atoms with Crippen LogP contribution in [0.25, 0.3) is 115 Å². The lowest BCUT2D eigenvalue weighted by Gasteiger charge is -2.17. The molecule has 0 fully saturated rings. The SMILES string of the molecule is c1ccc2cc(-c3cc4c5ccccc5c5c6ccccc6n(-c6ccc(-c7ccc8ccc9cccnc9c8n7)cc6)c5c4c4ccccc34)ccc2c1. The van der Waals surface area contributed by atoms with Crippen molar-refractivity contribution in [1.29, 1.82) is 0 Å². The van der Waals surface area contributed by atoms with Crippen molar-refractivity contribution in [3.8, 4) is 28.1 Å². The van der Waals surface area contributed by atoms with E-state index in [2.05, 4.69) is 185 Å². The van der Waals surface area contributed by atoms with E-state index in [0.717, 1.165) is 38.8 Å². The van der Waals surface area contributed by atoms with Crippen molar-refractivity contribution in [1.82, 2.24) is 14.5 Å². The fraction of sp³-hybridized carbons (Fsp3) is 0. The van der Waals surface area contributed by atoms with Crippen LogP contribution in [0.4, 0.5) is 0 Å². The molecule has 12 rings (SSSR count). The van der Waals surface area contributed by atoms with Gasteiger partial charge in [0.2, 0.25) is 0 Å². The molecule has 3 heteroatoms. The Kier molecular flexibility index (Phi) is 6.34. The van der Waals surface area contributed by atoms with E-state index < -0.39 is 0 Å². The maximum absolute atomic E-state index is 5.16. The highest BCUT2D eigenvalue weighted by molar-refractivity contribution is 6.37. The lowest BCUT2D eigenvalue weighted by Crippen LogP contribution is -1.96. The first-order valence-corrected chi connectivity index (χ1v) is 18.8. The minimum Gasteiger partial charge on any atom is -0.309 e. The standard InChI is InChI=1S/C52H31N3/c1-2-11-36-30-37(22-19-32(36)10-1)44-31-45-40-14-4-6-16-42(40)48-43-17-7-8-18-47(43)55(52(48)49(45)41-15-5-3-13-39(41)44)38-26-23-33(24-27-38)46-28-25-35-21-20-34-12-9-29-53-50(34)51(35)54-46/h1-31H. The predicted molar refractivity (Wildman–Crippen MR) is 232 cm³/mol. The summed E-state index contributed by atoms with van der Waals surface area (Å²) in [4.78, 5) is 9.84. The van der Waals surface area contributed by atoms with Crippen LogP contribution in [0.1, 0.15) is 0 Å². The summed E-state index contributed by atoms with van der Waals surface area (Å²) in [5.74, 6) is 0. The minimum absolute atomic E-state index is 0.926. The van der Waals surface area contributed by atoms with Crippen LogP contribution in [0.3, 0.4) is 0 Å². The molecule has 55 heavy (non-hydrogen) atoms. The highest BCUT2D eigenvalue weighted by Gasteiger charge is 2.22. The molecule has 3 nitrogen and oxygen atoms in total. The van der Waals surface area contributed by atoms with Crippen LogP contribution in [0.5, 0.6) is 0 Å². The van der Waals surface area contributed by atoms with Crippen molar-refractivity contribution in [3.05, 3.63) is 188 Å². The summed E-state index contributed by atoms with van der Waals surface area (Å²) in [7, 11) is 0. The normalized spacial score (nSPS) is 12.0. The van der Waals surface area contributed by atoms with Crippen LogP contribution < -0.4 is 0 Å². The number of fused-ring (bicyclic) bond motifs is 14. The van der Waals surface area contributed by atoms with E-state index >= 15 is 0 Å². The summed E-state index contributed by atoms with van der Waals surface area (Å²) in [6.45, 7) is 0. The molecule has 3 heterocycles. The Hall–Kier alpha value is -7.36. The number of para-hydroxylation sites is 1. The van der Waals surface area contributed by atoms with Gasteiger partial charge in [0.05, 0.1) is 27.8 Å². The summed E-state index contributed by atoms with van der Waals surface area (Å²) >= 11 is 0. The molecule has 0 saturated heterocycles. The Balaban J connectivity index is 1.14. The molecule has 0 aliphatic heterocycles. The van der Waals surface area contributed by atoms with Gasteiger partial charge in [-0.1, -0.05) is 140 Å². The zero-order chi connectivity index (χ0) is 36.0. The second kappa shape index (κ2) is 11.6. The first-order chi connectivity index (χ1) is 27.3. The van der Waals surface area contributed by atoms with Gasteiger partial charge >= 0.3 is 0 Å². The van der Waals surface area contributed by atoms with Crippen LogP contribution in [0, 0.1) is 0 Å². The van der Waals surface area contributed by atoms with Gasteiger partial charge in [-0.2, -0.15) is 0 Å². The highest BCUT2D eigenvalue weighted by atomic mass is 15.0. The van der Waals surface area contributed by atoms with Crippen LogP contribution in [-0.4, -0.2) is 14.5 Å². The lowest BCUT2D eigenvalue weighted by atomic mass is 9.88. The van der Waals surface area contributed by atoms with Crippen LogP contribution >= 0.6 is 0 Å². The zero-order valence-corrected chi connectivity index (χ0v) is 29.7. The Morgan fingerprint density at radius 2 is 0.982 bits per heavy atom. The number of pyridine rings is 2. The van der Waals surface area contributed by atoms with Crippen molar-refractivity contribution in [2.75, 3.05) is 0 Å². The summed E-state index contributed by atoms with van der Waals surface area (Å²) in [5, 5.41) is 14.8. The maximum atomic E-state index is 5.16. The van der Waals surface area contributed by atoms with Crippen molar-refractivity contribution in [2.45, 2.75) is 0 Å². The maximum Gasteiger partial charge on any atom is 0.0972 e. The number of benzene rings is 9. The molecule has 0 aliphatic rings. The van der Waals surface area contributed by atoms with Gasteiger partial charge in [-0.05, 0) is 91.3 Å². The van der Waals surface area contributed by atoms with Crippen molar-refractivity contribution in [2.24, 2.45) is 0 Å². The number of aromatic nitrogens is 3. The topological polar surface area (TPSA) is 30.7 Å². The molecule has 0 atom stereocenters. The Labute approximate surface area is 316 Å². The summed E-state index contributed by atoms with van der Waals surface area (Å²) in [5.41, 5.74) is 9.86. The molecular weight excluding hydrogens is 667 g/mol. The second-order valence-corrected chi connectivity index (χ2v) is 14.5. The van der Waals surface area contributed by atoms with Gasteiger partial charge in [-0.3, -0.25) is 4.98 Å². The molecule has 0 unspecified atom stereocenters. The molecule has 12 aromatic rings. The zero-order valence-electron chi connectivity index (χ0n) is 29.7. The lowest BCUT2D eigenvalue weighted by molar-refractivity contribution is 1.19. The largest absolute Gasteiger partial charge is 0.309 e. The van der Waals surface area contributed by atoms with E-state index in [1.807, 2.05) is 12.3 Å². The summed E-state index contributed by atoms with van der Waals surface area (Å²) in [6.07, 6.45) is 1.84. The summed E-state index contributed by atoms with van der Waals surface area (Å²) in [6, 6.07) is 66.2. The van der Waals surface area contributed by atoms with E-state index in [-0.39, 0.29) is 0 Å². The molecule has 0 bridgehead atoms. The number of rotatable bonds is 3. The quantitative estimate of drug-likeness (QED) is 0.172.